The molecule has 6 heteroatoms. The van der Waals surface area contributed by atoms with Crippen LogP contribution >= 0.6 is 11.6 Å². The summed E-state index contributed by atoms with van der Waals surface area (Å²) in [4.78, 5) is 27.9. The average Bonchev–Trinajstić information content (AvgIpc) is 2.75. The highest BCUT2D eigenvalue weighted by Gasteiger charge is 2.29. The molecule has 0 bridgehead atoms. The summed E-state index contributed by atoms with van der Waals surface area (Å²) in [6, 6.07) is 14.3. The first-order chi connectivity index (χ1) is 14.4. The van der Waals surface area contributed by atoms with Gasteiger partial charge in [-0.2, -0.15) is 0 Å². The molecule has 2 aromatic rings. The molecule has 2 rings (SSSR count). The number of methoxy groups -OCH3 is 1. The predicted molar refractivity (Wildman–Crippen MR) is 121 cm³/mol. The van der Waals surface area contributed by atoms with E-state index >= 15 is 0 Å². The van der Waals surface area contributed by atoms with Crippen LogP contribution in [0.2, 0.25) is 5.02 Å². The number of rotatable bonds is 10. The Morgan fingerprint density at radius 1 is 1.00 bits per heavy atom. The Morgan fingerprint density at radius 3 is 2.13 bits per heavy atom. The summed E-state index contributed by atoms with van der Waals surface area (Å²) in [6.45, 7) is 6.26. The summed E-state index contributed by atoms with van der Waals surface area (Å²) in [5.74, 6) is 0.522. The number of ether oxygens (including phenoxy) is 1. The van der Waals surface area contributed by atoms with Crippen LogP contribution in [0.25, 0.3) is 0 Å². The number of halogens is 1. The lowest BCUT2D eigenvalue weighted by molar-refractivity contribution is -0.141. The number of carbonyl (C=O) groups is 2. The maximum Gasteiger partial charge on any atom is 0.243 e. The van der Waals surface area contributed by atoms with Crippen LogP contribution in [0.4, 0.5) is 0 Å². The Kier molecular flexibility index (Phi) is 9.18. The molecule has 2 atom stereocenters. The molecule has 0 saturated heterocycles. The normalized spacial score (nSPS) is 12.7. The Morgan fingerprint density at radius 2 is 1.60 bits per heavy atom. The minimum absolute atomic E-state index is 0.0561. The third kappa shape index (κ3) is 6.77. The van der Waals surface area contributed by atoms with Crippen molar-refractivity contribution >= 4 is 23.4 Å². The molecule has 30 heavy (non-hydrogen) atoms. The quantitative estimate of drug-likeness (QED) is 0.598. The molecule has 0 unspecified atom stereocenters. The number of amides is 2. The Labute approximate surface area is 184 Å². The minimum atomic E-state index is -0.541. The highest BCUT2D eigenvalue weighted by molar-refractivity contribution is 6.30. The fraction of sp³-hybridized carbons (Fsp3) is 0.417. The van der Waals surface area contributed by atoms with Gasteiger partial charge in [-0.15, -0.1) is 0 Å². The summed E-state index contributed by atoms with van der Waals surface area (Å²) >= 11 is 6.00. The Hall–Kier alpha value is -2.53. The summed E-state index contributed by atoms with van der Waals surface area (Å²) in [6.07, 6.45) is 1.58. The highest BCUT2D eigenvalue weighted by Crippen LogP contribution is 2.18. The molecular weight excluding hydrogens is 400 g/mol. The Bertz CT molecular complexity index is 821. The van der Waals surface area contributed by atoms with Gasteiger partial charge in [0.15, 0.2) is 0 Å². The van der Waals surface area contributed by atoms with E-state index in [1.807, 2.05) is 57.2 Å². The molecule has 0 saturated carbocycles. The van der Waals surface area contributed by atoms with E-state index in [4.69, 9.17) is 16.3 Å². The lowest BCUT2D eigenvalue weighted by atomic mass is 10.1. The molecule has 1 N–H and O–H groups in total. The van der Waals surface area contributed by atoms with E-state index in [1.54, 1.807) is 24.1 Å². The second kappa shape index (κ2) is 11.6. The number of carbonyl (C=O) groups excluding carboxylic acids is 2. The third-order valence-corrected chi connectivity index (χ3v) is 5.42. The molecule has 0 aliphatic carbocycles. The monoisotopic (exact) mass is 430 g/mol. The van der Waals surface area contributed by atoms with Crippen molar-refractivity contribution in [3.63, 3.8) is 0 Å². The zero-order valence-corrected chi connectivity index (χ0v) is 18.9. The third-order valence-electron chi connectivity index (χ3n) is 5.17. The first-order valence-corrected chi connectivity index (χ1v) is 10.7. The molecule has 0 fully saturated rings. The van der Waals surface area contributed by atoms with Gasteiger partial charge in [0.2, 0.25) is 11.8 Å². The molecule has 0 aliphatic heterocycles. The van der Waals surface area contributed by atoms with Crippen molar-refractivity contribution in [1.29, 1.82) is 0 Å². The summed E-state index contributed by atoms with van der Waals surface area (Å²) < 4.78 is 5.19. The van der Waals surface area contributed by atoms with Gasteiger partial charge in [0, 0.05) is 17.6 Å². The van der Waals surface area contributed by atoms with E-state index in [9.17, 15) is 9.59 Å². The molecule has 162 valence electrons. The molecule has 0 radical (unpaired) electrons. The summed E-state index contributed by atoms with van der Waals surface area (Å²) in [5, 5.41) is 3.65. The van der Waals surface area contributed by atoms with Gasteiger partial charge in [-0.25, -0.2) is 0 Å². The van der Waals surface area contributed by atoms with E-state index in [-0.39, 0.29) is 24.3 Å². The molecule has 0 spiro atoms. The van der Waals surface area contributed by atoms with Gasteiger partial charge in [0.05, 0.1) is 13.5 Å². The smallest absolute Gasteiger partial charge is 0.243 e. The highest BCUT2D eigenvalue weighted by atomic mass is 35.5. The van der Waals surface area contributed by atoms with Gasteiger partial charge in [0.1, 0.15) is 11.8 Å². The van der Waals surface area contributed by atoms with Gasteiger partial charge in [-0.05, 0) is 55.2 Å². The summed E-state index contributed by atoms with van der Waals surface area (Å²) in [5.41, 5.74) is 1.80. The maximum atomic E-state index is 13.3. The summed E-state index contributed by atoms with van der Waals surface area (Å²) in [7, 11) is 1.61. The van der Waals surface area contributed by atoms with Crippen LogP contribution in [0.15, 0.2) is 48.5 Å². The predicted octanol–water partition coefficient (Wildman–Crippen LogP) is 4.61. The molecule has 0 aliphatic rings. The van der Waals surface area contributed by atoms with Crippen LogP contribution in [-0.4, -0.2) is 35.9 Å². The van der Waals surface area contributed by atoms with Crippen molar-refractivity contribution < 1.29 is 14.3 Å². The lowest BCUT2D eigenvalue weighted by Crippen LogP contribution is -2.51. The second-order valence-corrected chi connectivity index (χ2v) is 7.85. The van der Waals surface area contributed by atoms with Crippen LogP contribution in [0, 0.1) is 0 Å². The first-order valence-electron chi connectivity index (χ1n) is 10.3. The zero-order chi connectivity index (χ0) is 22.1. The van der Waals surface area contributed by atoms with E-state index in [2.05, 4.69) is 5.32 Å². The van der Waals surface area contributed by atoms with Crippen LogP contribution in [-0.2, 0) is 22.6 Å². The van der Waals surface area contributed by atoms with Gasteiger partial charge in [-0.1, -0.05) is 49.7 Å². The van der Waals surface area contributed by atoms with Crippen molar-refractivity contribution in [1.82, 2.24) is 10.2 Å². The molecule has 0 heterocycles. The lowest BCUT2D eigenvalue weighted by Gasteiger charge is -2.31. The molecular formula is C24H31ClN2O3. The fourth-order valence-electron chi connectivity index (χ4n) is 3.17. The SMILES string of the molecule is CC[C@H](C)NC(=O)[C@H](CC)N(Cc1ccc(Cl)cc1)C(=O)Cc1ccc(OC)cc1. The zero-order valence-electron chi connectivity index (χ0n) is 18.2. The van der Waals surface area contributed by atoms with E-state index in [0.29, 0.717) is 18.0 Å². The Balaban J connectivity index is 2.26. The van der Waals surface area contributed by atoms with E-state index in [0.717, 1.165) is 23.3 Å². The van der Waals surface area contributed by atoms with E-state index < -0.39 is 6.04 Å². The fourth-order valence-corrected chi connectivity index (χ4v) is 3.29. The average molecular weight is 431 g/mol. The largest absolute Gasteiger partial charge is 0.497 e. The van der Waals surface area contributed by atoms with Crippen molar-refractivity contribution in [3.8, 4) is 5.75 Å². The first kappa shape index (κ1) is 23.7. The molecule has 5 nitrogen and oxygen atoms in total. The minimum Gasteiger partial charge on any atom is -0.497 e. The van der Waals surface area contributed by atoms with Crippen LogP contribution in [0.1, 0.15) is 44.7 Å². The van der Waals surface area contributed by atoms with Crippen molar-refractivity contribution in [3.05, 3.63) is 64.7 Å². The molecule has 2 aromatic carbocycles. The van der Waals surface area contributed by atoms with Crippen LogP contribution in [0.5, 0.6) is 5.75 Å². The molecule has 2 amide bonds. The number of nitrogens with zero attached hydrogens (tertiary/aromatic N) is 1. The van der Waals surface area contributed by atoms with E-state index in [1.165, 1.54) is 0 Å². The number of benzene rings is 2. The van der Waals surface area contributed by atoms with Gasteiger partial charge >= 0.3 is 0 Å². The van der Waals surface area contributed by atoms with Crippen molar-refractivity contribution in [2.45, 2.75) is 58.7 Å². The number of hydrogen-bond donors (Lipinski definition) is 1. The van der Waals surface area contributed by atoms with Crippen LogP contribution in [0.3, 0.4) is 0 Å². The van der Waals surface area contributed by atoms with Crippen LogP contribution < -0.4 is 10.1 Å². The number of hydrogen-bond acceptors (Lipinski definition) is 3. The van der Waals surface area contributed by atoms with Crippen molar-refractivity contribution in [2.75, 3.05) is 7.11 Å². The molecule has 0 aromatic heterocycles. The standard InChI is InChI=1S/C24H31ClN2O3/c1-5-17(3)26-24(29)22(6-2)27(16-19-7-11-20(25)12-8-19)23(28)15-18-9-13-21(30-4)14-10-18/h7-14,17,22H,5-6,15-16H2,1-4H3,(H,26,29)/t17-,22-/m0/s1. The van der Waals surface area contributed by atoms with Gasteiger partial charge in [-0.3, -0.25) is 9.59 Å². The van der Waals surface area contributed by atoms with Crippen molar-refractivity contribution in [2.24, 2.45) is 0 Å². The topological polar surface area (TPSA) is 58.6 Å². The second-order valence-electron chi connectivity index (χ2n) is 7.41. The number of nitrogens with one attached hydrogen (secondary N) is 1. The van der Waals surface area contributed by atoms with Gasteiger partial charge in [0.25, 0.3) is 0 Å². The maximum absolute atomic E-state index is 13.3. The van der Waals surface area contributed by atoms with Gasteiger partial charge < -0.3 is 15.0 Å².